The van der Waals surface area contributed by atoms with Gasteiger partial charge in [0.2, 0.25) is 0 Å². The maximum absolute atomic E-state index is 2.69. The van der Waals surface area contributed by atoms with Crippen molar-refractivity contribution >= 4 is 33.6 Å². The Morgan fingerprint density at radius 3 is 1.64 bits per heavy atom. The Morgan fingerprint density at radius 2 is 1.14 bits per heavy atom. The number of hydrogen-bond donors (Lipinski definition) is 0. The van der Waals surface area contributed by atoms with Gasteiger partial charge in [-0.25, -0.2) is 0 Å². The monoisotopic (exact) mass is 452 g/mol. The zero-order valence-corrected chi connectivity index (χ0v) is 16.4. The number of benzene rings is 1. The van der Waals surface area contributed by atoms with Crippen molar-refractivity contribution in [1.29, 1.82) is 0 Å². The maximum atomic E-state index is 2.54. The van der Waals surface area contributed by atoms with Crippen LogP contribution in [0.1, 0.15) is 0 Å². The van der Waals surface area contributed by atoms with E-state index in [0.29, 0.717) is 0 Å². The predicted octanol–water partition coefficient (Wildman–Crippen LogP) is -0.830. The molecule has 110 valence electrons. The summed E-state index contributed by atoms with van der Waals surface area (Å²) in [4.78, 5) is 0. The van der Waals surface area contributed by atoms with Gasteiger partial charge in [-0.05, 0) is 0 Å². The summed E-state index contributed by atoms with van der Waals surface area (Å²) in [5.41, 5.74) is 0. The van der Waals surface area contributed by atoms with Crippen molar-refractivity contribution in [3.63, 3.8) is 0 Å². The Labute approximate surface area is 154 Å². The van der Waals surface area contributed by atoms with Crippen molar-refractivity contribution < 1.29 is 32.4 Å². The molecule has 0 aliphatic carbocycles. The Bertz CT molecular complexity index is 835. The number of rotatable bonds is 1. The number of pyridine rings is 2. The molecule has 0 unspecified atom stereocenters. The van der Waals surface area contributed by atoms with E-state index in [1.165, 1.54) is 15.2 Å². The van der Waals surface area contributed by atoms with Gasteiger partial charge in [0.15, 0.2) is 0 Å². The molecule has 0 bridgehead atoms. The van der Waals surface area contributed by atoms with E-state index in [0.717, 1.165) is 0 Å². The summed E-state index contributed by atoms with van der Waals surface area (Å²) >= 11 is 4.15. The minimum atomic E-state index is -2.69. The van der Waals surface area contributed by atoms with Crippen molar-refractivity contribution in [2.75, 3.05) is 0 Å². The predicted molar refractivity (Wildman–Crippen MR) is 87.6 cm³/mol. The molecule has 4 heterocycles. The number of hydrogen-bond acceptors (Lipinski definition) is 2. The zero-order valence-electron chi connectivity index (χ0n) is 11.6. The van der Waals surface area contributed by atoms with E-state index >= 15 is 0 Å². The average molecular weight is 452 g/mol. The summed E-state index contributed by atoms with van der Waals surface area (Å²) in [7, 11) is 0. The van der Waals surface area contributed by atoms with Crippen LogP contribution in [-0.2, 0) is 0 Å². The molecular formula is C16H13IN2S2Si. The normalized spacial score (nSPS) is 20.1. The summed E-state index contributed by atoms with van der Waals surface area (Å²) in [6.07, 6.45) is 4.51. The van der Waals surface area contributed by atoms with Crippen molar-refractivity contribution in [2.24, 2.45) is 0 Å². The Kier molecular flexibility index (Phi) is 3.24. The first-order valence-electron chi connectivity index (χ1n) is 6.97. The van der Waals surface area contributed by atoms with E-state index in [1.54, 1.807) is 0 Å². The van der Waals surface area contributed by atoms with Gasteiger partial charge in [0.25, 0.3) is 0 Å². The van der Waals surface area contributed by atoms with Crippen molar-refractivity contribution in [3.05, 3.63) is 79.1 Å². The third-order valence-corrected chi connectivity index (χ3v) is 19.0. The molecule has 6 heteroatoms. The molecule has 0 saturated heterocycles. The zero-order chi connectivity index (χ0) is 13.9. The SMILES string of the molecule is [I-].c1ccc([Si-]23(Sc4cccc[n+]42)Sc2cccc[n+]23)cc1. The molecule has 2 aliphatic rings. The fourth-order valence-electron chi connectivity index (χ4n) is 3.42. The molecule has 0 N–H and O–H groups in total. The van der Waals surface area contributed by atoms with Crippen LogP contribution in [0.3, 0.4) is 0 Å². The summed E-state index contributed by atoms with van der Waals surface area (Å²) in [5.74, 6) is -2.69. The molecule has 22 heavy (non-hydrogen) atoms. The van der Waals surface area contributed by atoms with Crippen LogP contribution < -0.4 is 37.6 Å². The van der Waals surface area contributed by atoms with E-state index in [4.69, 9.17) is 0 Å². The third-order valence-electron chi connectivity index (χ3n) is 4.34. The second-order valence-electron chi connectivity index (χ2n) is 5.36. The topological polar surface area (TPSA) is 7.76 Å². The van der Waals surface area contributed by atoms with Crippen LogP contribution in [0.5, 0.6) is 0 Å². The van der Waals surface area contributed by atoms with Gasteiger partial charge in [-0.2, -0.15) is 0 Å². The van der Waals surface area contributed by atoms with Crippen LogP contribution in [0.15, 0.2) is 89.2 Å². The molecule has 2 aliphatic heterocycles. The van der Waals surface area contributed by atoms with Crippen LogP contribution >= 0.6 is 22.4 Å². The molecule has 0 amide bonds. The van der Waals surface area contributed by atoms with Gasteiger partial charge in [0.05, 0.1) is 0 Å². The molecule has 2 nitrogen and oxygen atoms in total. The summed E-state index contributed by atoms with van der Waals surface area (Å²) in [5, 5.41) is 4.19. The average Bonchev–Trinajstić information content (AvgIpc) is 2.51. The van der Waals surface area contributed by atoms with Gasteiger partial charge in [0, 0.05) is 0 Å². The first kappa shape index (κ1) is 14.7. The van der Waals surface area contributed by atoms with E-state index in [2.05, 4.69) is 110 Å². The summed E-state index contributed by atoms with van der Waals surface area (Å²) in [6.45, 7) is 0. The van der Waals surface area contributed by atoms with Gasteiger partial charge in [-0.15, -0.1) is 0 Å². The minimum absolute atomic E-state index is 0. The molecule has 5 rings (SSSR count). The van der Waals surface area contributed by atoms with E-state index in [-0.39, 0.29) is 24.0 Å². The molecule has 0 atom stereocenters. The number of fused-ring (bicyclic) bond motifs is 4. The Hall–Kier alpha value is -0.833. The summed E-state index contributed by atoms with van der Waals surface area (Å²) < 4.78 is 5.08. The Balaban J connectivity index is 0.00000125. The van der Waals surface area contributed by atoms with Crippen molar-refractivity contribution in [3.8, 4) is 0 Å². The molecule has 0 fully saturated rings. The van der Waals surface area contributed by atoms with Crippen LogP contribution in [-0.4, -0.2) is 5.97 Å². The van der Waals surface area contributed by atoms with Gasteiger partial charge in [0.1, 0.15) is 0 Å². The van der Waals surface area contributed by atoms with Crippen LogP contribution in [0, 0.1) is 0 Å². The molecular weight excluding hydrogens is 439 g/mol. The van der Waals surface area contributed by atoms with E-state index in [9.17, 15) is 0 Å². The van der Waals surface area contributed by atoms with E-state index < -0.39 is 5.97 Å². The molecule has 3 aromatic rings. The molecule has 1 spiro atoms. The third kappa shape index (κ3) is 1.49. The van der Waals surface area contributed by atoms with Gasteiger partial charge in [-0.1, -0.05) is 0 Å². The Morgan fingerprint density at radius 1 is 0.636 bits per heavy atom. The molecule has 0 saturated carbocycles. The summed E-state index contributed by atoms with van der Waals surface area (Å²) in [6, 6.07) is 24.0. The van der Waals surface area contributed by atoms with Gasteiger partial charge >= 0.3 is 131 Å². The first-order valence-corrected chi connectivity index (χ1v) is 12.4. The number of aromatic nitrogens is 2. The van der Waals surface area contributed by atoms with Crippen LogP contribution in [0.25, 0.3) is 0 Å². The second-order valence-corrected chi connectivity index (χ2v) is 16.7. The second kappa shape index (κ2) is 4.83. The van der Waals surface area contributed by atoms with Crippen molar-refractivity contribution in [1.82, 2.24) is 0 Å². The molecule has 1 aromatic carbocycles. The molecule has 0 radical (unpaired) electrons. The number of halogens is 1. The van der Waals surface area contributed by atoms with Crippen molar-refractivity contribution in [2.45, 2.75) is 10.1 Å². The van der Waals surface area contributed by atoms with Gasteiger partial charge in [-0.3, -0.25) is 0 Å². The van der Waals surface area contributed by atoms with E-state index in [1.807, 2.05) is 0 Å². The first-order chi connectivity index (χ1) is 10.3. The fourth-order valence-corrected chi connectivity index (χ4v) is 19.0. The standard InChI is InChI=1S/C16H13N2S2Si.HI/c1-2-8-14(9-3-1)21(17-12-6-4-10-15(17)19-21)18-13-7-5-11-16(18)20-21;/h1-13H;1H/q+1;/p-1. The van der Waals surface area contributed by atoms with Crippen LogP contribution in [0.4, 0.5) is 0 Å². The fraction of sp³-hybridized carbons (Fsp3) is 0. The van der Waals surface area contributed by atoms with Crippen LogP contribution in [0.2, 0.25) is 0 Å². The quantitative estimate of drug-likeness (QED) is 0.352. The van der Waals surface area contributed by atoms with Gasteiger partial charge < -0.3 is 24.0 Å². The molecule has 2 aromatic heterocycles. The number of nitrogens with zero attached hydrogens (tertiary/aromatic N) is 2.